The third kappa shape index (κ3) is 13.4. The van der Waals surface area contributed by atoms with Crippen LogP contribution in [0.1, 0.15) is 108 Å². The van der Waals surface area contributed by atoms with Gasteiger partial charge in [0.05, 0.1) is 0 Å². The van der Waals surface area contributed by atoms with Gasteiger partial charge in [0.1, 0.15) is 0 Å². The van der Waals surface area contributed by atoms with Crippen molar-refractivity contribution in [2.75, 3.05) is 0 Å². The Morgan fingerprint density at radius 1 is 0.333 bits per heavy atom. The van der Waals surface area contributed by atoms with Crippen LogP contribution in [0.25, 0.3) is 0 Å². The first kappa shape index (κ1) is 52.7. The standard InChI is InChI=1S/C27H59Si6.C15H23.2Li.Sn/c1-28(2,3)25(29(4,5)6)22-19-23(26(30(7,8)9)31(10,11)12)21-24(20-22)27(32(13,14)15)33(16,17)18;1-10(2)13-7-14(11(3)4)9-15(8-13)12(5)6;;;/h19-20,25-27H,1-18H3;7-8,10-12H,1-6H3;;;. The topological polar surface area (TPSA) is 0 Å². The molecule has 2 rings (SSSR count). The number of hydrogen-bond donors (Lipinski definition) is 0. The van der Waals surface area contributed by atoms with E-state index in [0.717, 1.165) is 15.5 Å². The minimum absolute atomic E-state index is 0. The van der Waals surface area contributed by atoms with E-state index >= 15 is 0 Å². The van der Waals surface area contributed by atoms with E-state index in [1.54, 1.807) is 22.3 Å². The molecule has 0 bridgehead atoms. The van der Waals surface area contributed by atoms with Crippen LogP contribution in [-0.4, -0.2) is 107 Å². The maximum atomic E-state index is 2.94. The quantitative estimate of drug-likeness (QED) is 0.166. The molecular formula is C42H82Li2Si6Sn. The predicted molar refractivity (Wildman–Crippen MR) is 260 cm³/mol. The molecular weight excluding hydrogens is 806 g/mol. The normalized spacial score (nSPS) is 13.9. The van der Waals surface area contributed by atoms with Crippen molar-refractivity contribution < 1.29 is 0 Å². The SMILES string of the molecule is CC(C)c1cc(C(C)C)[c]([Sn][c]2c(C([Si](C)(C)C)[Si](C)(C)C)cc(C([Si](C)(C)C)[Si](C)(C)C)cc2C([Si](C)(C)C)[Si](C)(C)C)c(C(C)C)c1.[Li].[Li]. The molecule has 0 aliphatic carbocycles. The first-order chi connectivity index (χ1) is 21.6. The average molecular weight is 888 g/mol. The van der Waals surface area contributed by atoms with Crippen molar-refractivity contribution in [3.05, 3.63) is 57.6 Å². The molecule has 0 aromatic heterocycles. The van der Waals surface area contributed by atoms with E-state index in [4.69, 9.17) is 0 Å². The Balaban J connectivity index is 0.0000125. The average Bonchev–Trinajstić information content (AvgIpc) is 2.79. The van der Waals surface area contributed by atoms with Crippen molar-refractivity contribution in [1.82, 2.24) is 0 Å². The largest absolute Gasteiger partial charge is 0 e. The van der Waals surface area contributed by atoms with Crippen molar-refractivity contribution in [2.24, 2.45) is 0 Å². The molecule has 2 aromatic rings. The fourth-order valence-corrected chi connectivity index (χ4v) is 55.9. The Bertz CT molecular complexity index is 1320. The molecule has 9 heteroatoms. The molecule has 0 fully saturated rings. The zero-order valence-corrected chi connectivity index (χ0v) is 48.1. The molecule has 0 atom stereocenters. The van der Waals surface area contributed by atoms with Crippen LogP contribution in [-0.2, 0) is 0 Å². The summed E-state index contributed by atoms with van der Waals surface area (Å²) in [4.78, 5) is 0. The molecule has 0 saturated heterocycles. The van der Waals surface area contributed by atoms with E-state index in [2.05, 4.69) is 184 Å². The second kappa shape index (κ2) is 18.5. The summed E-state index contributed by atoms with van der Waals surface area (Å²) < 4.78 is 3.78. The molecule has 0 aliphatic heterocycles. The summed E-state index contributed by atoms with van der Waals surface area (Å²) in [5.74, 6) is 1.67. The summed E-state index contributed by atoms with van der Waals surface area (Å²) in [7, 11) is -9.28. The molecule has 280 valence electrons. The van der Waals surface area contributed by atoms with Gasteiger partial charge in [-0.15, -0.1) is 0 Å². The van der Waals surface area contributed by atoms with Crippen LogP contribution < -0.4 is 7.16 Å². The number of hydrogen-bond acceptors (Lipinski definition) is 0. The third-order valence-electron chi connectivity index (χ3n) is 10.8. The molecule has 0 N–H and O–H groups in total. The first-order valence-electron chi connectivity index (χ1n) is 19.7. The minimum atomic E-state index is -1.57. The zero-order valence-electron chi connectivity index (χ0n) is 39.3. The summed E-state index contributed by atoms with van der Waals surface area (Å²) >= 11 is -1.21. The summed E-state index contributed by atoms with van der Waals surface area (Å²) in [6, 6.07) is 11.2. The Hall–Kier alpha value is 1.73. The van der Waals surface area contributed by atoms with Gasteiger partial charge in [0.25, 0.3) is 0 Å². The van der Waals surface area contributed by atoms with Gasteiger partial charge in [-0.2, -0.15) is 0 Å². The molecule has 0 amide bonds. The van der Waals surface area contributed by atoms with Crippen LogP contribution in [0.5, 0.6) is 0 Å². The molecule has 0 saturated carbocycles. The fourth-order valence-electron chi connectivity index (χ4n) is 10.5. The monoisotopic (exact) mass is 888 g/mol. The van der Waals surface area contributed by atoms with Crippen LogP contribution in [0.3, 0.4) is 0 Å². The van der Waals surface area contributed by atoms with Crippen molar-refractivity contribution >= 4 is 114 Å². The Morgan fingerprint density at radius 2 is 0.569 bits per heavy atom. The smallest absolute Gasteiger partial charge is 0 e. The van der Waals surface area contributed by atoms with E-state index < -0.39 is 69.6 Å². The van der Waals surface area contributed by atoms with Gasteiger partial charge in [-0.3, -0.25) is 0 Å². The molecule has 0 nitrogen and oxygen atoms in total. The summed E-state index contributed by atoms with van der Waals surface area (Å²) in [6.45, 7) is 63.4. The number of rotatable bonds is 14. The van der Waals surface area contributed by atoms with Crippen LogP contribution in [0.4, 0.5) is 0 Å². The van der Waals surface area contributed by atoms with Crippen LogP contribution >= 0.6 is 0 Å². The molecule has 0 aliphatic rings. The summed E-state index contributed by atoms with van der Waals surface area (Å²) in [5, 5.41) is 2.30. The van der Waals surface area contributed by atoms with Crippen LogP contribution in [0, 0.1) is 0 Å². The minimum Gasteiger partial charge on any atom is 0 e. The first-order valence-corrected chi connectivity index (χ1v) is 44.1. The van der Waals surface area contributed by atoms with Crippen LogP contribution in [0.15, 0.2) is 24.3 Å². The summed E-state index contributed by atoms with van der Waals surface area (Å²) in [5.41, 5.74) is 10.5. The zero-order chi connectivity index (χ0) is 38.6. The molecule has 0 unspecified atom stereocenters. The molecule has 51 heavy (non-hydrogen) atoms. The summed E-state index contributed by atoms with van der Waals surface area (Å²) in [6.07, 6.45) is 0. The number of benzene rings is 2. The van der Waals surface area contributed by atoms with Crippen molar-refractivity contribution in [2.45, 2.75) is 193 Å². The van der Waals surface area contributed by atoms with Gasteiger partial charge in [0, 0.05) is 37.7 Å². The molecule has 2 aromatic carbocycles. The van der Waals surface area contributed by atoms with Crippen molar-refractivity contribution in [3.63, 3.8) is 0 Å². The third-order valence-corrected chi connectivity index (χ3v) is 43.4. The van der Waals surface area contributed by atoms with Crippen LogP contribution in [0.2, 0.25) is 118 Å². The van der Waals surface area contributed by atoms with E-state index in [1.165, 1.54) is 0 Å². The Labute approximate surface area is 361 Å². The van der Waals surface area contributed by atoms with Gasteiger partial charge < -0.3 is 0 Å². The van der Waals surface area contributed by atoms with E-state index in [9.17, 15) is 0 Å². The molecule has 0 spiro atoms. The Morgan fingerprint density at radius 3 is 0.784 bits per heavy atom. The molecule has 0 heterocycles. The second-order valence-corrected chi connectivity index (χ2v) is 60.4. The maximum absolute atomic E-state index is 2.94. The van der Waals surface area contributed by atoms with Gasteiger partial charge in [-0.1, -0.05) is 0 Å². The van der Waals surface area contributed by atoms with Gasteiger partial charge >= 0.3 is 327 Å². The van der Waals surface area contributed by atoms with E-state index in [-0.39, 0.29) is 37.7 Å². The van der Waals surface area contributed by atoms with Gasteiger partial charge in [-0.05, 0) is 0 Å². The predicted octanol–water partition coefficient (Wildman–Crippen LogP) is 12.5. The Kier molecular flexibility index (Phi) is 19.2. The maximum Gasteiger partial charge on any atom is 0 e. The van der Waals surface area contributed by atoms with E-state index in [1.807, 2.05) is 18.3 Å². The fraction of sp³-hybridized carbons (Fsp3) is 0.714. The molecule has 4 radical (unpaired) electrons. The van der Waals surface area contributed by atoms with Crippen molar-refractivity contribution in [1.29, 1.82) is 0 Å². The van der Waals surface area contributed by atoms with E-state index in [0.29, 0.717) is 17.8 Å². The van der Waals surface area contributed by atoms with Gasteiger partial charge in [0.15, 0.2) is 0 Å². The van der Waals surface area contributed by atoms with Gasteiger partial charge in [0.2, 0.25) is 0 Å². The van der Waals surface area contributed by atoms with Crippen molar-refractivity contribution in [3.8, 4) is 0 Å². The van der Waals surface area contributed by atoms with Gasteiger partial charge in [-0.25, -0.2) is 0 Å². The second-order valence-electron chi connectivity index (χ2n) is 23.2.